The number of nitrogens with zero attached hydrogens (tertiary/aromatic N) is 1. The molecular formula is C21H23ClN2O5. The molecule has 0 bridgehead atoms. The zero-order chi connectivity index (χ0) is 21.1. The number of esters is 1. The molecule has 1 aromatic carbocycles. The van der Waals surface area contributed by atoms with E-state index in [4.69, 9.17) is 16.3 Å². The first kappa shape index (κ1) is 21.0. The number of benzene rings is 1. The van der Waals surface area contributed by atoms with Gasteiger partial charge in [0.25, 0.3) is 5.91 Å². The fourth-order valence-corrected chi connectivity index (χ4v) is 3.75. The molecule has 1 aromatic rings. The van der Waals surface area contributed by atoms with Crippen LogP contribution in [-0.2, 0) is 23.9 Å². The maximum atomic E-state index is 12.4. The highest BCUT2D eigenvalue weighted by Crippen LogP contribution is 2.35. The standard InChI is InChI=1S/C21H23ClN2O5/c1-12-16(22)8-5-9-17(12)23-19(26)13(2)29-18(25)10-11-24-20(27)14-6-3-4-7-15(14)21(24)28/h3-5,8-9,13-15H,6-7,10-11H2,1-2H3,(H,23,26)/t13-,14-,15+/m1/s1. The number of halogens is 1. The average Bonchev–Trinajstić information content (AvgIpc) is 2.94. The number of likely N-dealkylation sites (tertiary alicyclic amines) is 1. The van der Waals surface area contributed by atoms with Gasteiger partial charge in [-0.05, 0) is 44.4 Å². The molecule has 3 amide bonds. The third kappa shape index (κ3) is 4.50. The summed E-state index contributed by atoms with van der Waals surface area (Å²) in [6, 6.07) is 5.12. The van der Waals surface area contributed by atoms with Crippen LogP contribution >= 0.6 is 11.6 Å². The van der Waals surface area contributed by atoms with Gasteiger partial charge < -0.3 is 10.1 Å². The number of hydrogen-bond donors (Lipinski definition) is 1. The molecule has 0 saturated carbocycles. The third-order valence-electron chi connectivity index (χ3n) is 5.34. The number of imide groups is 1. The molecule has 154 valence electrons. The lowest BCUT2D eigenvalue weighted by atomic mass is 9.85. The van der Waals surface area contributed by atoms with E-state index in [1.807, 2.05) is 12.2 Å². The van der Waals surface area contributed by atoms with E-state index in [1.54, 1.807) is 25.1 Å². The summed E-state index contributed by atoms with van der Waals surface area (Å²) in [6.45, 7) is 3.19. The van der Waals surface area contributed by atoms with Crippen molar-refractivity contribution in [2.24, 2.45) is 11.8 Å². The molecule has 7 nitrogen and oxygen atoms in total. The van der Waals surface area contributed by atoms with Crippen LogP contribution in [0, 0.1) is 18.8 Å². The van der Waals surface area contributed by atoms with E-state index >= 15 is 0 Å². The molecule has 0 radical (unpaired) electrons. The normalized spacial score (nSPS) is 21.7. The van der Waals surface area contributed by atoms with E-state index in [0.29, 0.717) is 29.1 Å². The summed E-state index contributed by atoms with van der Waals surface area (Å²) in [5.41, 5.74) is 1.25. The second-order valence-electron chi connectivity index (χ2n) is 7.27. The molecule has 1 heterocycles. The largest absolute Gasteiger partial charge is 0.452 e. The number of carbonyl (C=O) groups excluding carboxylic acids is 4. The minimum absolute atomic E-state index is 0.0365. The molecule has 1 fully saturated rings. The topological polar surface area (TPSA) is 92.8 Å². The minimum Gasteiger partial charge on any atom is -0.452 e. The van der Waals surface area contributed by atoms with Gasteiger partial charge in [0.15, 0.2) is 6.10 Å². The van der Waals surface area contributed by atoms with Gasteiger partial charge >= 0.3 is 5.97 Å². The van der Waals surface area contributed by atoms with Crippen LogP contribution in [0.25, 0.3) is 0 Å². The maximum absolute atomic E-state index is 12.4. The monoisotopic (exact) mass is 418 g/mol. The third-order valence-corrected chi connectivity index (χ3v) is 5.75. The molecule has 0 aromatic heterocycles. The van der Waals surface area contributed by atoms with Crippen molar-refractivity contribution < 1.29 is 23.9 Å². The predicted molar refractivity (Wildman–Crippen MR) is 107 cm³/mol. The van der Waals surface area contributed by atoms with Crippen molar-refractivity contribution in [1.82, 2.24) is 4.90 Å². The SMILES string of the molecule is Cc1c(Cl)cccc1NC(=O)[C@@H](C)OC(=O)CCN1C(=O)[C@H]2CC=CC[C@H]2C1=O. The quantitative estimate of drug-likeness (QED) is 0.435. The lowest BCUT2D eigenvalue weighted by molar-refractivity contribution is -0.154. The van der Waals surface area contributed by atoms with Gasteiger partial charge in [-0.2, -0.15) is 0 Å². The molecule has 0 spiro atoms. The number of allylic oxidation sites excluding steroid dienone is 2. The van der Waals surface area contributed by atoms with Crippen molar-refractivity contribution >= 4 is 41.0 Å². The minimum atomic E-state index is -1.03. The van der Waals surface area contributed by atoms with Gasteiger partial charge in [0.2, 0.25) is 11.8 Å². The number of amides is 3. The van der Waals surface area contributed by atoms with Gasteiger partial charge in [-0.3, -0.25) is 24.1 Å². The molecule has 1 saturated heterocycles. The number of hydrogen-bond acceptors (Lipinski definition) is 5. The fourth-order valence-electron chi connectivity index (χ4n) is 3.58. The van der Waals surface area contributed by atoms with Crippen LogP contribution in [0.5, 0.6) is 0 Å². The molecule has 0 unspecified atom stereocenters. The van der Waals surface area contributed by atoms with Crippen LogP contribution in [-0.4, -0.2) is 41.2 Å². The zero-order valence-corrected chi connectivity index (χ0v) is 17.1. The Kier molecular flexibility index (Phi) is 6.37. The molecular weight excluding hydrogens is 396 g/mol. The summed E-state index contributed by atoms with van der Waals surface area (Å²) in [6.07, 6.45) is 3.74. The van der Waals surface area contributed by atoms with Crippen LogP contribution < -0.4 is 5.32 Å². The molecule has 1 aliphatic carbocycles. The Bertz CT molecular complexity index is 856. The molecule has 2 aliphatic rings. The summed E-state index contributed by atoms with van der Waals surface area (Å²) < 4.78 is 5.16. The van der Waals surface area contributed by atoms with E-state index in [1.165, 1.54) is 6.92 Å². The predicted octanol–water partition coefficient (Wildman–Crippen LogP) is 2.86. The Morgan fingerprint density at radius 2 is 1.83 bits per heavy atom. The number of carbonyl (C=O) groups is 4. The van der Waals surface area contributed by atoms with Gasteiger partial charge in [0.05, 0.1) is 18.3 Å². The van der Waals surface area contributed by atoms with Gasteiger partial charge in [0, 0.05) is 17.3 Å². The smallest absolute Gasteiger partial charge is 0.308 e. The Morgan fingerprint density at radius 3 is 2.45 bits per heavy atom. The van der Waals surface area contributed by atoms with Gasteiger partial charge in [-0.15, -0.1) is 0 Å². The van der Waals surface area contributed by atoms with E-state index in [-0.39, 0.29) is 36.6 Å². The summed E-state index contributed by atoms with van der Waals surface area (Å²) in [5.74, 6) is -2.26. The van der Waals surface area contributed by atoms with Crippen LogP contribution in [0.3, 0.4) is 0 Å². The highest BCUT2D eigenvalue weighted by atomic mass is 35.5. The maximum Gasteiger partial charge on any atom is 0.308 e. The summed E-state index contributed by atoms with van der Waals surface area (Å²) in [5, 5.41) is 3.19. The first-order chi connectivity index (χ1) is 13.8. The van der Waals surface area contributed by atoms with Crippen molar-refractivity contribution in [1.29, 1.82) is 0 Å². The van der Waals surface area contributed by atoms with Gasteiger partial charge in [0.1, 0.15) is 0 Å². The number of fused-ring (bicyclic) bond motifs is 1. The summed E-state index contributed by atoms with van der Waals surface area (Å²) in [7, 11) is 0. The van der Waals surface area contributed by atoms with Crippen molar-refractivity contribution in [2.45, 2.75) is 39.2 Å². The van der Waals surface area contributed by atoms with Crippen molar-refractivity contribution in [3.8, 4) is 0 Å². The molecule has 3 atom stereocenters. The lowest BCUT2D eigenvalue weighted by Crippen LogP contribution is -2.35. The number of ether oxygens (including phenoxy) is 1. The Labute approximate surface area is 174 Å². The lowest BCUT2D eigenvalue weighted by Gasteiger charge is -2.17. The van der Waals surface area contributed by atoms with Crippen molar-refractivity contribution in [3.63, 3.8) is 0 Å². The van der Waals surface area contributed by atoms with E-state index in [0.717, 1.165) is 4.90 Å². The summed E-state index contributed by atoms with van der Waals surface area (Å²) in [4.78, 5) is 50.4. The van der Waals surface area contributed by atoms with Gasteiger partial charge in [-0.1, -0.05) is 29.8 Å². The molecule has 8 heteroatoms. The Balaban J connectivity index is 1.50. The first-order valence-electron chi connectivity index (χ1n) is 9.55. The van der Waals surface area contributed by atoms with Crippen LogP contribution in [0.4, 0.5) is 5.69 Å². The van der Waals surface area contributed by atoms with Crippen molar-refractivity contribution in [2.75, 3.05) is 11.9 Å². The summed E-state index contributed by atoms with van der Waals surface area (Å²) >= 11 is 6.03. The fraction of sp³-hybridized carbons (Fsp3) is 0.429. The number of anilines is 1. The van der Waals surface area contributed by atoms with E-state index in [2.05, 4.69) is 5.32 Å². The van der Waals surface area contributed by atoms with Crippen molar-refractivity contribution in [3.05, 3.63) is 40.9 Å². The molecule has 3 rings (SSSR count). The number of nitrogens with one attached hydrogen (secondary N) is 1. The molecule has 1 N–H and O–H groups in total. The first-order valence-corrected chi connectivity index (χ1v) is 9.93. The highest BCUT2D eigenvalue weighted by Gasteiger charge is 2.47. The van der Waals surface area contributed by atoms with E-state index < -0.39 is 18.0 Å². The van der Waals surface area contributed by atoms with E-state index in [9.17, 15) is 19.2 Å². The average molecular weight is 419 g/mol. The molecule has 1 aliphatic heterocycles. The van der Waals surface area contributed by atoms with Crippen LogP contribution in [0.1, 0.15) is 31.7 Å². The van der Waals surface area contributed by atoms with Gasteiger partial charge in [-0.25, -0.2) is 0 Å². The van der Waals surface area contributed by atoms with Crippen LogP contribution in [0.2, 0.25) is 5.02 Å². The second-order valence-corrected chi connectivity index (χ2v) is 7.67. The zero-order valence-electron chi connectivity index (χ0n) is 16.3. The Hall–Kier alpha value is -2.67. The Morgan fingerprint density at radius 1 is 1.21 bits per heavy atom. The molecule has 29 heavy (non-hydrogen) atoms. The second kappa shape index (κ2) is 8.78. The van der Waals surface area contributed by atoms with Crippen LogP contribution in [0.15, 0.2) is 30.4 Å². The highest BCUT2D eigenvalue weighted by molar-refractivity contribution is 6.31. The number of rotatable bonds is 6.